The molecule has 7 nitrogen and oxygen atoms in total. The van der Waals surface area contributed by atoms with Gasteiger partial charge in [-0.05, 0) is 75.4 Å². The number of piperidine rings is 1. The molecule has 2 fully saturated rings. The van der Waals surface area contributed by atoms with E-state index in [9.17, 15) is 9.90 Å². The van der Waals surface area contributed by atoms with Crippen molar-refractivity contribution < 1.29 is 14.6 Å². The molecule has 0 spiro atoms. The second kappa shape index (κ2) is 8.37. The summed E-state index contributed by atoms with van der Waals surface area (Å²) in [5.41, 5.74) is 5.38. The molecule has 172 valence electrons. The summed E-state index contributed by atoms with van der Waals surface area (Å²) >= 11 is 0. The number of hydrogen-bond donors (Lipinski definition) is 1. The van der Waals surface area contributed by atoms with E-state index in [1.54, 1.807) is 6.07 Å². The molecule has 1 aliphatic carbocycles. The highest BCUT2D eigenvalue weighted by Crippen LogP contribution is 2.48. The third-order valence-corrected chi connectivity index (χ3v) is 7.06. The van der Waals surface area contributed by atoms with Crippen molar-refractivity contribution in [2.75, 3.05) is 26.7 Å². The Morgan fingerprint density at radius 1 is 1.24 bits per heavy atom. The van der Waals surface area contributed by atoms with E-state index in [4.69, 9.17) is 14.7 Å². The van der Waals surface area contributed by atoms with E-state index >= 15 is 0 Å². The molecular weight excluding hydrogens is 416 g/mol. The van der Waals surface area contributed by atoms with Crippen LogP contribution in [0.5, 0.6) is 5.75 Å². The van der Waals surface area contributed by atoms with Crippen LogP contribution in [0.15, 0.2) is 30.5 Å². The molecule has 0 unspecified atom stereocenters. The average Bonchev–Trinajstić information content (AvgIpc) is 3.58. The summed E-state index contributed by atoms with van der Waals surface area (Å²) in [6, 6.07) is 7.60. The van der Waals surface area contributed by atoms with E-state index in [-0.39, 0.29) is 23.1 Å². The number of carbonyl (C=O) groups excluding carboxylic acids is 1. The Morgan fingerprint density at radius 2 is 2.06 bits per heavy atom. The number of phenols is 1. The number of methoxy groups -OCH3 is 1. The van der Waals surface area contributed by atoms with E-state index in [1.807, 2.05) is 38.2 Å². The molecule has 1 N–H and O–H groups in total. The summed E-state index contributed by atoms with van der Waals surface area (Å²) in [5.74, 6) is 0.400. The van der Waals surface area contributed by atoms with Crippen molar-refractivity contribution in [2.45, 2.75) is 45.4 Å². The molecule has 1 saturated carbocycles. The molecule has 3 aromatic rings. The third-order valence-electron chi connectivity index (χ3n) is 7.06. The highest BCUT2D eigenvalue weighted by atomic mass is 16.5. The van der Waals surface area contributed by atoms with Crippen LogP contribution < -0.4 is 0 Å². The van der Waals surface area contributed by atoms with Crippen LogP contribution in [0.25, 0.3) is 22.4 Å². The van der Waals surface area contributed by atoms with Gasteiger partial charge in [0.25, 0.3) is 0 Å². The van der Waals surface area contributed by atoms with E-state index < -0.39 is 0 Å². The molecule has 0 radical (unpaired) electrons. The molecule has 3 heterocycles. The molecule has 1 aliphatic heterocycles. The monoisotopic (exact) mass is 446 g/mol. The zero-order valence-corrected chi connectivity index (χ0v) is 19.5. The molecule has 2 aromatic heterocycles. The zero-order chi connectivity index (χ0) is 23.2. The number of phenolic OH excluding ortho intramolecular Hbond substituents is 1. The fourth-order valence-corrected chi connectivity index (χ4v) is 5.19. The molecule has 2 aliphatic rings. The molecule has 33 heavy (non-hydrogen) atoms. The van der Waals surface area contributed by atoms with Crippen molar-refractivity contribution in [2.24, 2.45) is 5.41 Å². The maximum absolute atomic E-state index is 12.2. The summed E-state index contributed by atoms with van der Waals surface area (Å²) < 4.78 is 5.04. The van der Waals surface area contributed by atoms with E-state index in [0.29, 0.717) is 11.3 Å². The Labute approximate surface area is 193 Å². The van der Waals surface area contributed by atoms with Crippen LogP contribution in [0, 0.1) is 19.3 Å². The Balaban J connectivity index is 1.40. The van der Waals surface area contributed by atoms with Gasteiger partial charge in [0.2, 0.25) is 0 Å². The normalized spacial score (nSPS) is 20.0. The van der Waals surface area contributed by atoms with Gasteiger partial charge in [-0.15, -0.1) is 0 Å². The Hall–Kier alpha value is -3.06. The highest BCUT2D eigenvalue weighted by Gasteiger charge is 2.52. The Bertz CT molecular complexity index is 1200. The maximum atomic E-state index is 12.2. The number of aromatic hydroxyl groups is 1. The minimum Gasteiger partial charge on any atom is -0.507 e. The number of aryl methyl sites for hydroxylation is 2. The summed E-state index contributed by atoms with van der Waals surface area (Å²) in [5, 5.41) is 10.5. The summed E-state index contributed by atoms with van der Waals surface area (Å²) in [4.78, 5) is 28.8. The first kappa shape index (κ1) is 21.8. The van der Waals surface area contributed by atoms with Crippen molar-refractivity contribution in [3.8, 4) is 17.0 Å². The first-order valence-electron chi connectivity index (χ1n) is 11.6. The van der Waals surface area contributed by atoms with Crippen molar-refractivity contribution >= 4 is 17.1 Å². The lowest BCUT2D eigenvalue weighted by Crippen LogP contribution is -2.41. The van der Waals surface area contributed by atoms with Crippen LogP contribution in [-0.4, -0.2) is 57.7 Å². The number of carbonyl (C=O) groups is 1. The second-order valence-corrected chi connectivity index (χ2v) is 9.66. The quantitative estimate of drug-likeness (QED) is 0.589. The number of aromatic nitrogens is 3. The second-order valence-electron chi connectivity index (χ2n) is 9.66. The minimum absolute atomic E-state index is 0.0819. The van der Waals surface area contributed by atoms with Gasteiger partial charge in [-0.1, -0.05) is 6.07 Å². The topological polar surface area (TPSA) is 88.4 Å². The van der Waals surface area contributed by atoms with Crippen LogP contribution >= 0.6 is 0 Å². The lowest BCUT2D eigenvalue weighted by atomic mass is 9.93. The number of ether oxygens (including phenoxy) is 1. The molecule has 7 heteroatoms. The minimum atomic E-state index is -0.309. The van der Waals surface area contributed by atoms with Crippen molar-refractivity contribution in [3.05, 3.63) is 47.3 Å². The van der Waals surface area contributed by atoms with Gasteiger partial charge >= 0.3 is 5.97 Å². The summed E-state index contributed by atoms with van der Waals surface area (Å²) in [6.07, 6.45) is 5.79. The SMILES string of the molecule is COC(=O)C1(CN2CCC[C@@H](c3cnc4ccc(-c5c(C)cc(C)cc5O)nc4n3)C2)CC1. The van der Waals surface area contributed by atoms with Crippen molar-refractivity contribution in [1.29, 1.82) is 0 Å². The van der Waals surface area contributed by atoms with Gasteiger partial charge in [-0.25, -0.2) is 9.97 Å². The van der Waals surface area contributed by atoms with Gasteiger partial charge in [-0.2, -0.15) is 0 Å². The van der Waals surface area contributed by atoms with Crippen LogP contribution in [0.2, 0.25) is 0 Å². The lowest BCUT2D eigenvalue weighted by Gasteiger charge is -2.34. The van der Waals surface area contributed by atoms with Crippen molar-refractivity contribution in [3.63, 3.8) is 0 Å². The highest BCUT2D eigenvalue weighted by molar-refractivity contribution is 5.80. The van der Waals surface area contributed by atoms with Gasteiger partial charge in [0.05, 0.1) is 23.9 Å². The van der Waals surface area contributed by atoms with Crippen LogP contribution in [-0.2, 0) is 9.53 Å². The maximum Gasteiger partial charge on any atom is 0.313 e. The number of rotatable bonds is 5. The summed E-state index contributed by atoms with van der Waals surface area (Å²) in [6.45, 7) is 6.55. The predicted molar refractivity (Wildman–Crippen MR) is 126 cm³/mol. The molecule has 1 saturated heterocycles. The smallest absolute Gasteiger partial charge is 0.313 e. The van der Waals surface area contributed by atoms with E-state index in [1.165, 1.54) is 7.11 Å². The van der Waals surface area contributed by atoms with Gasteiger partial charge in [0.15, 0.2) is 5.65 Å². The van der Waals surface area contributed by atoms with Crippen LogP contribution in [0.4, 0.5) is 0 Å². The summed E-state index contributed by atoms with van der Waals surface area (Å²) in [7, 11) is 1.48. The number of pyridine rings is 1. The zero-order valence-electron chi connectivity index (χ0n) is 19.5. The number of nitrogens with zero attached hydrogens (tertiary/aromatic N) is 4. The fourth-order valence-electron chi connectivity index (χ4n) is 5.19. The number of benzene rings is 1. The largest absolute Gasteiger partial charge is 0.507 e. The lowest BCUT2D eigenvalue weighted by molar-refractivity contribution is -0.148. The van der Waals surface area contributed by atoms with Crippen molar-refractivity contribution in [1.82, 2.24) is 19.9 Å². The fraction of sp³-hybridized carbons (Fsp3) is 0.462. The Kier molecular flexibility index (Phi) is 5.52. The third kappa shape index (κ3) is 4.17. The number of likely N-dealkylation sites (tertiary alicyclic amines) is 1. The number of hydrogen-bond acceptors (Lipinski definition) is 7. The molecular formula is C26H30N4O3. The van der Waals surface area contributed by atoms with Gasteiger partial charge in [-0.3, -0.25) is 9.78 Å². The van der Waals surface area contributed by atoms with Crippen LogP contribution in [0.3, 0.4) is 0 Å². The van der Waals surface area contributed by atoms with E-state index in [2.05, 4.69) is 9.88 Å². The predicted octanol–water partition coefficient (Wildman–Crippen LogP) is 4.15. The van der Waals surface area contributed by atoms with Crippen LogP contribution in [0.1, 0.15) is 48.4 Å². The first-order chi connectivity index (χ1) is 15.9. The van der Waals surface area contributed by atoms with Gasteiger partial charge < -0.3 is 14.7 Å². The molecule has 0 bridgehead atoms. The average molecular weight is 447 g/mol. The molecule has 1 atom stereocenters. The molecule has 5 rings (SSSR count). The Morgan fingerprint density at radius 3 is 2.79 bits per heavy atom. The van der Waals surface area contributed by atoms with Gasteiger partial charge in [0.1, 0.15) is 11.3 Å². The van der Waals surface area contributed by atoms with Gasteiger partial charge in [0, 0.05) is 30.8 Å². The number of fused-ring (bicyclic) bond motifs is 1. The standard InChI is InChI=1S/C26H30N4O3/c1-16-11-17(2)23(22(31)12-16)19-6-7-20-24(28-19)29-21(13-27-20)18-5-4-10-30(14-18)15-26(8-9-26)25(32)33-3/h6-7,11-13,18,31H,4-5,8-10,14-15H2,1-3H3/t18-/m1/s1. The molecule has 1 aromatic carbocycles. The number of esters is 1. The first-order valence-corrected chi connectivity index (χ1v) is 11.6. The van der Waals surface area contributed by atoms with E-state index in [0.717, 1.165) is 73.2 Å². The molecule has 0 amide bonds.